The van der Waals surface area contributed by atoms with Gasteiger partial charge in [0.25, 0.3) is 5.69 Å². The van der Waals surface area contributed by atoms with Crippen LogP contribution in [0.2, 0.25) is 0 Å². The van der Waals surface area contributed by atoms with Crippen LogP contribution in [-0.2, 0) is 16.1 Å². The van der Waals surface area contributed by atoms with Crippen molar-refractivity contribution in [3.8, 4) is 0 Å². The molecular formula is C18H18N2O5. The number of ether oxygens (including phenoxy) is 1. The SMILES string of the molecule is C/C(O)=C(/C(=O)OCc1ccc([N+](=O)[O-])cc1)N(C)c1ccccc1. The molecule has 7 nitrogen and oxygen atoms in total. The summed E-state index contributed by atoms with van der Waals surface area (Å²) >= 11 is 0. The van der Waals surface area contributed by atoms with Crippen LogP contribution in [0.3, 0.4) is 0 Å². The van der Waals surface area contributed by atoms with Gasteiger partial charge in [-0.1, -0.05) is 18.2 Å². The Morgan fingerprint density at radius 3 is 2.28 bits per heavy atom. The van der Waals surface area contributed by atoms with Gasteiger partial charge in [-0.25, -0.2) is 4.79 Å². The summed E-state index contributed by atoms with van der Waals surface area (Å²) in [4.78, 5) is 24.0. The minimum atomic E-state index is -0.690. The highest BCUT2D eigenvalue weighted by Gasteiger charge is 2.21. The second-order valence-electron chi connectivity index (χ2n) is 5.33. The van der Waals surface area contributed by atoms with Gasteiger partial charge in [0.1, 0.15) is 12.4 Å². The zero-order valence-electron chi connectivity index (χ0n) is 13.9. The number of nitro benzene ring substituents is 1. The Morgan fingerprint density at radius 1 is 1.16 bits per heavy atom. The van der Waals surface area contributed by atoms with E-state index < -0.39 is 10.9 Å². The van der Waals surface area contributed by atoms with Crippen LogP contribution in [0.4, 0.5) is 11.4 Å². The number of nitrogens with zero attached hydrogens (tertiary/aromatic N) is 2. The van der Waals surface area contributed by atoms with E-state index in [2.05, 4.69) is 0 Å². The molecule has 1 N–H and O–H groups in total. The second-order valence-corrected chi connectivity index (χ2v) is 5.33. The van der Waals surface area contributed by atoms with Crippen molar-refractivity contribution in [1.82, 2.24) is 0 Å². The average Bonchev–Trinajstić information content (AvgIpc) is 2.60. The van der Waals surface area contributed by atoms with Gasteiger partial charge in [-0.3, -0.25) is 10.1 Å². The van der Waals surface area contributed by atoms with Crippen LogP contribution in [0, 0.1) is 10.1 Å². The molecule has 2 aromatic carbocycles. The third-order valence-corrected chi connectivity index (χ3v) is 3.53. The lowest BCUT2D eigenvalue weighted by molar-refractivity contribution is -0.384. The second kappa shape index (κ2) is 7.96. The Kier molecular flexibility index (Phi) is 5.73. The van der Waals surface area contributed by atoms with E-state index in [1.54, 1.807) is 19.2 Å². The van der Waals surface area contributed by atoms with Gasteiger partial charge in [0, 0.05) is 24.9 Å². The van der Waals surface area contributed by atoms with Gasteiger partial charge >= 0.3 is 5.97 Å². The van der Waals surface area contributed by atoms with Crippen LogP contribution in [0.5, 0.6) is 0 Å². The Labute approximate surface area is 144 Å². The first-order valence-corrected chi connectivity index (χ1v) is 7.49. The Bertz CT molecular complexity index is 781. The molecule has 0 aromatic heterocycles. The zero-order chi connectivity index (χ0) is 18.4. The highest BCUT2D eigenvalue weighted by Crippen LogP contribution is 2.20. The third kappa shape index (κ3) is 4.57. The molecule has 0 spiro atoms. The molecule has 0 unspecified atom stereocenters. The van der Waals surface area contributed by atoms with E-state index in [1.807, 2.05) is 18.2 Å². The van der Waals surface area contributed by atoms with Crippen molar-refractivity contribution in [2.75, 3.05) is 11.9 Å². The number of esters is 1. The standard InChI is InChI=1S/C18H18N2O5/c1-13(21)17(19(2)15-6-4-3-5-7-15)18(22)25-12-14-8-10-16(11-9-14)20(23)24/h3-11,21H,12H2,1-2H3/b17-13+. The number of likely N-dealkylation sites (N-methyl/N-ethyl adjacent to an activating group) is 1. The van der Waals surface area contributed by atoms with Crippen molar-refractivity contribution >= 4 is 17.3 Å². The van der Waals surface area contributed by atoms with Crippen LogP contribution >= 0.6 is 0 Å². The topological polar surface area (TPSA) is 92.9 Å². The normalized spacial score (nSPS) is 11.4. The summed E-state index contributed by atoms with van der Waals surface area (Å²) in [5.74, 6) is -0.857. The Hall–Kier alpha value is -3.35. The van der Waals surface area contributed by atoms with E-state index in [0.29, 0.717) is 5.56 Å². The minimum absolute atomic E-state index is 0.0214. The number of para-hydroxylation sites is 1. The number of allylic oxidation sites excluding steroid dienone is 1. The molecule has 2 rings (SSSR count). The molecule has 0 radical (unpaired) electrons. The van der Waals surface area contributed by atoms with Crippen molar-refractivity contribution in [2.45, 2.75) is 13.5 Å². The predicted octanol–water partition coefficient (Wildman–Crippen LogP) is 3.56. The van der Waals surface area contributed by atoms with Gasteiger partial charge in [0.15, 0.2) is 5.70 Å². The zero-order valence-corrected chi connectivity index (χ0v) is 13.9. The molecule has 2 aromatic rings. The fourth-order valence-electron chi connectivity index (χ4n) is 2.24. The van der Waals surface area contributed by atoms with Crippen LogP contribution < -0.4 is 4.90 Å². The fourth-order valence-corrected chi connectivity index (χ4v) is 2.24. The molecule has 0 saturated heterocycles. The van der Waals surface area contributed by atoms with Crippen molar-refractivity contribution in [3.63, 3.8) is 0 Å². The molecule has 25 heavy (non-hydrogen) atoms. The summed E-state index contributed by atoms with van der Waals surface area (Å²) in [6, 6.07) is 14.8. The fraction of sp³-hybridized carbons (Fsp3) is 0.167. The largest absolute Gasteiger partial charge is 0.510 e. The van der Waals surface area contributed by atoms with Gasteiger partial charge in [-0.2, -0.15) is 0 Å². The van der Waals surface area contributed by atoms with Crippen molar-refractivity contribution in [1.29, 1.82) is 0 Å². The number of anilines is 1. The van der Waals surface area contributed by atoms with Gasteiger partial charge in [-0.15, -0.1) is 0 Å². The van der Waals surface area contributed by atoms with Crippen molar-refractivity contribution in [2.24, 2.45) is 0 Å². The predicted molar refractivity (Wildman–Crippen MR) is 93.1 cm³/mol. The van der Waals surface area contributed by atoms with E-state index in [4.69, 9.17) is 4.74 Å². The Morgan fingerprint density at radius 2 is 1.76 bits per heavy atom. The molecule has 0 atom stereocenters. The van der Waals surface area contributed by atoms with Crippen LogP contribution in [-0.4, -0.2) is 23.0 Å². The summed E-state index contributed by atoms with van der Waals surface area (Å²) in [6.07, 6.45) is 0. The van der Waals surface area contributed by atoms with Gasteiger partial charge in [0.2, 0.25) is 0 Å². The summed E-state index contributed by atoms with van der Waals surface area (Å²) in [7, 11) is 1.65. The maximum atomic E-state index is 12.4. The van der Waals surface area contributed by atoms with E-state index in [-0.39, 0.29) is 23.8 Å². The summed E-state index contributed by atoms with van der Waals surface area (Å²) in [5.41, 5.74) is 1.31. The van der Waals surface area contributed by atoms with E-state index in [0.717, 1.165) is 5.69 Å². The number of nitro groups is 1. The lowest BCUT2D eigenvalue weighted by Gasteiger charge is -2.22. The number of benzene rings is 2. The highest BCUT2D eigenvalue weighted by atomic mass is 16.6. The molecule has 0 aliphatic rings. The lowest BCUT2D eigenvalue weighted by Crippen LogP contribution is -2.26. The van der Waals surface area contributed by atoms with Crippen LogP contribution in [0.15, 0.2) is 66.1 Å². The van der Waals surface area contributed by atoms with Crippen molar-refractivity contribution < 1.29 is 19.6 Å². The molecular weight excluding hydrogens is 324 g/mol. The van der Waals surface area contributed by atoms with E-state index >= 15 is 0 Å². The van der Waals surface area contributed by atoms with Gasteiger partial charge < -0.3 is 14.7 Å². The molecule has 0 aliphatic carbocycles. The maximum Gasteiger partial charge on any atom is 0.358 e. The van der Waals surface area contributed by atoms with Crippen molar-refractivity contribution in [3.05, 3.63) is 81.7 Å². The molecule has 7 heteroatoms. The third-order valence-electron chi connectivity index (χ3n) is 3.53. The van der Waals surface area contributed by atoms with Gasteiger partial charge in [0.05, 0.1) is 4.92 Å². The molecule has 0 bridgehead atoms. The number of carbonyl (C=O) groups excluding carboxylic acids is 1. The molecule has 0 heterocycles. The number of aliphatic hydroxyl groups excluding tert-OH is 1. The number of hydrogen-bond acceptors (Lipinski definition) is 6. The maximum absolute atomic E-state index is 12.4. The minimum Gasteiger partial charge on any atom is -0.510 e. The van der Waals surface area contributed by atoms with Crippen LogP contribution in [0.1, 0.15) is 12.5 Å². The molecule has 0 saturated carbocycles. The molecule has 0 amide bonds. The van der Waals surface area contributed by atoms with E-state index in [9.17, 15) is 20.0 Å². The highest BCUT2D eigenvalue weighted by molar-refractivity contribution is 5.93. The monoisotopic (exact) mass is 342 g/mol. The average molecular weight is 342 g/mol. The number of rotatable bonds is 6. The number of hydrogen-bond donors (Lipinski definition) is 1. The smallest absolute Gasteiger partial charge is 0.358 e. The summed E-state index contributed by atoms with van der Waals surface area (Å²) < 4.78 is 5.23. The first-order valence-electron chi connectivity index (χ1n) is 7.49. The first kappa shape index (κ1) is 18.0. The quantitative estimate of drug-likeness (QED) is 0.284. The summed E-state index contributed by atoms with van der Waals surface area (Å²) in [6.45, 7) is 1.35. The molecule has 0 aliphatic heterocycles. The lowest BCUT2D eigenvalue weighted by atomic mass is 10.2. The first-order chi connectivity index (χ1) is 11.9. The van der Waals surface area contributed by atoms with E-state index in [1.165, 1.54) is 36.1 Å². The molecule has 0 fully saturated rings. The summed E-state index contributed by atoms with van der Waals surface area (Å²) in [5, 5.41) is 20.5. The van der Waals surface area contributed by atoms with Gasteiger partial charge in [-0.05, 0) is 36.8 Å². The number of carbonyl (C=O) groups is 1. The number of non-ortho nitro benzene ring substituents is 1. The number of aliphatic hydroxyl groups is 1. The molecule has 130 valence electrons. The van der Waals surface area contributed by atoms with Crippen LogP contribution in [0.25, 0.3) is 0 Å². The Balaban J connectivity index is 2.09.